The molecule has 0 fully saturated rings. The first-order chi connectivity index (χ1) is 9.82. The number of hydrogen-bond donors (Lipinski definition) is 1. The average Bonchev–Trinajstić information content (AvgIpc) is 2.91. The molecule has 0 aliphatic carbocycles. The Labute approximate surface area is 131 Å². The van der Waals surface area contributed by atoms with E-state index in [9.17, 15) is 0 Å². The number of rotatable bonds is 4. The first-order valence-corrected chi connectivity index (χ1v) is 8.12. The van der Waals surface area contributed by atoms with E-state index in [4.69, 9.17) is 10.7 Å². The summed E-state index contributed by atoms with van der Waals surface area (Å²) in [5, 5.41) is 2.10. The molecule has 2 heterocycles. The largest absolute Gasteiger partial charge is 0.383 e. The maximum absolute atomic E-state index is 6.11. The Hall–Kier alpha value is -1.62. The fourth-order valence-corrected chi connectivity index (χ4v) is 2.81. The molecule has 0 aliphatic heterocycles. The van der Waals surface area contributed by atoms with Gasteiger partial charge >= 0.3 is 0 Å². The molecule has 2 N–H and O–H groups in total. The standard InChI is InChI=1S/C16H24N4S/c1-6-20(10-12-8-7-9-21-12)14-11(2)13(17)18-15(19-14)16(3,4)5/h7-9H,6,10H2,1-5H3,(H2,17,18,19). The molecule has 0 atom stereocenters. The zero-order valence-electron chi connectivity index (χ0n) is 13.5. The van der Waals surface area contributed by atoms with E-state index in [-0.39, 0.29) is 5.41 Å². The second-order valence-corrected chi connectivity index (χ2v) is 7.26. The van der Waals surface area contributed by atoms with Crippen LogP contribution in [0.1, 0.15) is 44.0 Å². The minimum absolute atomic E-state index is 0.112. The molecule has 114 valence electrons. The lowest BCUT2D eigenvalue weighted by Gasteiger charge is -2.26. The third-order valence-corrected chi connectivity index (χ3v) is 4.30. The molecule has 0 bridgehead atoms. The zero-order valence-corrected chi connectivity index (χ0v) is 14.3. The van der Waals surface area contributed by atoms with Crippen LogP contribution in [0.15, 0.2) is 17.5 Å². The number of thiophene rings is 1. The number of nitrogens with two attached hydrogens (primary N) is 1. The van der Waals surface area contributed by atoms with Crippen LogP contribution in [0, 0.1) is 6.92 Å². The predicted octanol–water partition coefficient (Wildman–Crippen LogP) is 3.75. The number of anilines is 2. The van der Waals surface area contributed by atoms with Gasteiger partial charge in [-0.3, -0.25) is 0 Å². The molecule has 0 unspecified atom stereocenters. The summed E-state index contributed by atoms with van der Waals surface area (Å²) >= 11 is 1.76. The predicted molar refractivity (Wildman–Crippen MR) is 90.9 cm³/mol. The summed E-state index contributed by atoms with van der Waals surface area (Å²) in [5.41, 5.74) is 6.96. The van der Waals surface area contributed by atoms with Gasteiger partial charge < -0.3 is 10.6 Å². The highest BCUT2D eigenvalue weighted by atomic mass is 32.1. The van der Waals surface area contributed by atoms with Crippen LogP contribution in [0.3, 0.4) is 0 Å². The Kier molecular flexibility index (Phi) is 4.52. The number of aromatic nitrogens is 2. The Bertz CT molecular complexity index is 599. The minimum atomic E-state index is -0.112. The maximum atomic E-state index is 6.11. The van der Waals surface area contributed by atoms with Crippen molar-refractivity contribution < 1.29 is 0 Å². The van der Waals surface area contributed by atoms with Crippen molar-refractivity contribution in [2.45, 2.75) is 46.6 Å². The Balaban J connectivity index is 2.42. The molecule has 0 saturated carbocycles. The number of hydrogen-bond acceptors (Lipinski definition) is 5. The summed E-state index contributed by atoms with van der Waals surface area (Å²) in [6.07, 6.45) is 0. The lowest BCUT2D eigenvalue weighted by Crippen LogP contribution is -2.27. The van der Waals surface area contributed by atoms with E-state index in [2.05, 4.69) is 55.1 Å². The van der Waals surface area contributed by atoms with Crippen molar-refractivity contribution in [3.8, 4) is 0 Å². The van der Waals surface area contributed by atoms with Gasteiger partial charge in [0.05, 0.1) is 6.54 Å². The van der Waals surface area contributed by atoms with Crippen molar-refractivity contribution in [3.05, 3.63) is 33.8 Å². The molecule has 0 aliphatic rings. The molecule has 0 saturated heterocycles. The fourth-order valence-electron chi connectivity index (χ4n) is 2.09. The van der Waals surface area contributed by atoms with E-state index in [0.29, 0.717) is 5.82 Å². The van der Waals surface area contributed by atoms with Crippen LogP contribution in [-0.2, 0) is 12.0 Å². The van der Waals surface area contributed by atoms with Gasteiger partial charge in [0, 0.05) is 22.4 Å². The van der Waals surface area contributed by atoms with Crippen molar-refractivity contribution in [2.75, 3.05) is 17.2 Å². The van der Waals surface area contributed by atoms with Crippen LogP contribution in [0.2, 0.25) is 0 Å². The molecule has 0 spiro atoms. The monoisotopic (exact) mass is 304 g/mol. The molecule has 0 aromatic carbocycles. The summed E-state index contributed by atoms with van der Waals surface area (Å²) in [7, 11) is 0. The van der Waals surface area contributed by atoms with Gasteiger partial charge in [0.25, 0.3) is 0 Å². The minimum Gasteiger partial charge on any atom is -0.383 e. The molecule has 5 heteroatoms. The van der Waals surface area contributed by atoms with Gasteiger partial charge in [-0.15, -0.1) is 11.3 Å². The van der Waals surface area contributed by atoms with Crippen molar-refractivity contribution >= 4 is 23.0 Å². The lowest BCUT2D eigenvalue weighted by atomic mass is 9.95. The van der Waals surface area contributed by atoms with Crippen LogP contribution >= 0.6 is 11.3 Å². The second-order valence-electron chi connectivity index (χ2n) is 6.22. The highest BCUT2D eigenvalue weighted by Crippen LogP contribution is 2.28. The first-order valence-electron chi connectivity index (χ1n) is 7.24. The lowest BCUT2D eigenvalue weighted by molar-refractivity contribution is 0.544. The van der Waals surface area contributed by atoms with Gasteiger partial charge in [0.15, 0.2) is 0 Å². The summed E-state index contributed by atoms with van der Waals surface area (Å²) in [4.78, 5) is 12.8. The number of nitrogens with zero attached hydrogens (tertiary/aromatic N) is 3. The Morgan fingerprint density at radius 2 is 2.00 bits per heavy atom. The van der Waals surface area contributed by atoms with Crippen molar-refractivity contribution in [2.24, 2.45) is 0 Å². The second kappa shape index (κ2) is 6.02. The molecular formula is C16H24N4S. The third kappa shape index (κ3) is 3.53. The SMILES string of the molecule is CCN(Cc1cccs1)c1nc(C(C)(C)C)nc(N)c1C. The average molecular weight is 304 g/mol. The smallest absolute Gasteiger partial charge is 0.138 e. The van der Waals surface area contributed by atoms with E-state index < -0.39 is 0 Å². The highest BCUT2D eigenvalue weighted by Gasteiger charge is 2.22. The molecule has 2 rings (SSSR count). The molecule has 21 heavy (non-hydrogen) atoms. The molecule has 2 aromatic heterocycles. The molecule has 0 radical (unpaired) electrons. The molecule has 0 amide bonds. The van der Waals surface area contributed by atoms with Crippen molar-refractivity contribution in [3.63, 3.8) is 0 Å². The van der Waals surface area contributed by atoms with Crippen LogP contribution < -0.4 is 10.6 Å². The molecule has 4 nitrogen and oxygen atoms in total. The van der Waals surface area contributed by atoms with Gasteiger partial charge in [0.1, 0.15) is 17.5 Å². The van der Waals surface area contributed by atoms with E-state index in [0.717, 1.165) is 30.3 Å². The first kappa shape index (κ1) is 15.8. The van der Waals surface area contributed by atoms with Gasteiger partial charge in [-0.05, 0) is 25.3 Å². The fraction of sp³-hybridized carbons (Fsp3) is 0.500. The van der Waals surface area contributed by atoms with Gasteiger partial charge in [-0.2, -0.15) is 0 Å². The normalized spacial score (nSPS) is 11.7. The van der Waals surface area contributed by atoms with Crippen LogP contribution in [0.4, 0.5) is 11.6 Å². The van der Waals surface area contributed by atoms with Crippen molar-refractivity contribution in [1.29, 1.82) is 0 Å². The summed E-state index contributed by atoms with van der Waals surface area (Å²) < 4.78 is 0. The number of nitrogen functional groups attached to an aromatic ring is 1. The van der Waals surface area contributed by atoms with Crippen LogP contribution in [0.5, 0.6) is 0 Å². The molecular weight excluding hydrogens is 280 g/mol. The summed E-state index contributed by atoms with van der Waals surface area (Å²) in [6.45, 7) is 12.2. The van der Waals surface area contributed by atoms with Crippen LogP contribution in [-0.4, -0.2) is 16.5 Å². The van der Waals surface area contributed by atoms with E-state index in [1.54, 1.807) is 11.3 Å². The van der Waals surface area contributed by atoms with E-state index >= 15 is 0 Å². The Morgan fingerprint density at radius 3 is 2.52 bits per heavy atom. The zero-order chi connectivity index (χ0) is 15.6. The maximum Gasteiger partial charge on any atom is 0.138 e. The molecule has 2 aromatic rings. The third-order valence-electron chi connectivity index (χ3n) is 3.44. The van der Waals surface area contributed by atoms with Gasteiger partial charge in [-0.25, -0.2) is 9.97 Å². The highest BCUT2D eigenvalue weighted by molar-refractivity contribution is 7.09. The van der Waals surface area contributed by atoms with Gasteiger partial charge in [-0.1, -0.05) is 26.8 Å². The van der Waals surface area contributed by atoms with Crippen molar-refractivity contribution in [1.82, 2.24) is 9.97 Å². The van der Waals surface area contributed by atoms with E-state index in [1.807, 2.05) is 6.92 Å². The topological polar surface area (TPSA) is 55.0 Å². The van der Waals surface area contributed by atoms with E-state index in [1.165, 1.54) is 4.88 Å². The van der Waals surface area contributed by atoms with Gasteiger partial charge in [0.2, 0.25) is 0 Å². The van der Waals surface area contributed by atoms with Crippen LogP contribution in [0.25, 0.3) is 0 Å². The summed E-state index contributed by atoms with van der Waals surface area (Å²) in [5.74, 6) is 2.32. The summed E-state index contributed by atoms with van der Waals surface area (Å²) in [6, 6.07) is 4.23. The quantitative estimate of drug-likeness (QED) is 0.934. The Morgan fingerprint density at radius 1 is 1.29 bits per heavy atom.